The zero-order chi connectivity index (χ0) is 20.1. The van der Waals surface area contributed by atoms with Gasteiger partial charge in [-0.15, -0.1) is 0 Å². The number of amides is 2. The first-order valence-corrected chi connectivity index (χ1v) is 8.46. The van der Waals surface area contributed by atoms with E-state index in [0.29, 0.717) is 25.0 Å². The second-order valence-electron chi connectivity index (χ2n) is 6.03. The summed E-state index contributed by atoms with van der Waals surface area (Å²) < 4.78 is 49.8. The van der Waals surface area contributed by atoms with E-state index in [-0.39, 0.29) is 24.4 Å². The van der Waals surface area contributed by atoms with Gasteiger partial charge in [0.25, 0.3) is 5.91 Å². The molecule has 0 aliphatic carbocycles. The molecule has 0 unspecified atom stereocenters. The molecular weight excluding hydrogens is 377 g/mol. The quantitative estimate of drug-likeness (QED) is 0.860. The van der Waals surface area contributed by atoms with Gasteiger partial charge in [0.05, 0.1) is 18.8 Å². The Morgan fingerprint density at radius 3 is 2.36 bits per heavy atom. The van der Waals surface area contributed by atoms with E-state index in [9.17, 15) is 22.8 Å². The van der Waals surface area contributed by atoms with Crippen molar-refractivity contribution in [2.24, 2.45) is 0 Å². The van der Waals surface area contributed by atoms with E-state index in [0.717, 1.165) is 12.1 Å². The van der Waals surface area contributed by atoms with Crippen molar-refractivity contribution < 1.29 is 32.2 Å². The monoisotopic (exact) mass is 394 g/mol. The molecular formula is C19H17F3N2O4. The molecule has 0 spiro atoms. The van der Waals surface area contributed by atoms with E-state index in [1.165, 1.54) is 4.90 Å². The number of nitrogens with zero attached hydrogens (tertiary/aromatic N) is 1. The van der Waals surface area contributed by atoms with Crippen LogP contribution in [0.5, 0.6) is 5.75 Å². The average Bonchev–Trinajstić information content (AvgIpc) is 2.68. The third-order valence-electron chi connectivity index (χ3n) is 4.01. The Hall–Kier alpha value is -3.07. The van der Waals surface area contributed by atoms with E-state index < -0.39 is 23.7 Å². The largest absolute Gasteiger partial charge is 0.417 e. The molecule has 6 nitrogen and oxygen atoms in total. The van der Waals surface area contributed by atoms with Crippen LogP contribution in [0.4, 0.5) is 23.7 Å². The lowest BCUT2D eigenvalue weighted by Gasteiger charge is -2.27. The van der Waals surface area contributed by atoms with Crippen molar-refractivity contribution in [1.29, 1.82) is 0 Å². The minimum Gasteiger partial charge on any atom is -0.410 e. The highest BCUT2D eigenvalue weighted by Gasteiger charge is 2.33. The lowest BCUT2D eigenvalue weighted by Crippen LogP contribution is -2.40. The summed E-state index contributed by atoms with van der Waals surface area (Å²) in [6.07, 6.45) is -5.66. The van der Waals surface area contributed by atoms with Crippen molar-refractivity contribution >= 4 is 17.7 Å². The summed E-state index contributed by atoms with van der Waals surface area (Å²) in [5.74, 6) is -0.956. The van der Waals surface area contributed by atoms with E-state index in [4.69, 9.17) is 9.47 Å². The number of carbonyl (C=O) groups is 2. The number of hydrogen-bond donors (Lipinski definition) is 1. The number of carbonyl (C=O) groups excluding carboxylic acids is 2. The highest BCUT2D eigenvalue weighted by Crippen LogP contribution is 2.33. The predicted molar refractivity (Wildman–Crippen MR) is 94.3 cm³/mol. The van der Waals surface area contributed by atoms with Gasteiger partial charge in [0, 0.05) is 24.3 Å². The molecule has 1 aliphatic heterocycles. The Morgan fingerprint density at radius 2 is 1.71 bits per heavy atom. The number of anilines is 1. The van der Waals surface area contributed by atoms with Gasteiger partial charge in [-0.05, 0) is 30.3 Å². The van der Waals surface area contributed by atoms with Crippen molar-refractivity contribution in [2.45, 2.75) is 6.18 Å². The number of morpholine rings is 1. The molecule has 1 aliphatic rings. The molecule has 3 rings (SSSR count). The number of hydrogen-bond acceptors (Lipinski definition) is 4. The van der Waals surface area contributed by atoms with E-state index in [1.807, 2.05) is 0 Å². The van der Waals surface area contributed by atoms with E-state index >= 15 is 0 Å². The summed E-state index contributed by atoms with van der Waals surface area (Å²) >= 11 is 0. The van der Waals surface area contributed by atoms with Crippen LogP contribution in [0, 0.1) is 0 Å². The van der Waals surface area contributed by atoms with Gasteiger partial charge >= 0.3 is 12.3 Å². The van der Waals surface area contributed by atoms with Crippen molar-refractivity contribution in [2.75, 3.05) is 31.6 Å². The highest BCUT2D eigenvalue weighted by molar-refractivity contribution is 5.95. The normalized spacial score (nSPS) is 14.5. The first-order valence-electron chi connectivity index (χ1n) is 8.46. The van der Waals surface area contributed by atoms with Crippen LogP contribution in [0.15, 0.2) is 48.5 Å². The molecule has 28 heavy (non-hydrogen) atoms. The number of para-hydroxylation sites is 1. The Morgan fingerprint density at radius 1 is 1.04 bits per heavy atom. The molecule has 0 atom stereocenters. The molecule has 9 heteroatoms. The van der Waals surface area contributed by atoms with Crippen LogP contribution in [-0.2, 0) is 10.9 Å². The molecule has 148 valence electrons. The van der Waals surface area contributed by atoms with Crippen LogP contribution in [0.2, 0.25) is 0 Å². The second kappa shape index (κ2) is 8.30. The van der Waals surface area contributed by atoms with Gasteiger partial charge in [0.15, 0.2) is 0 Å². The lowest BCUT2D eigenvalue weighted by molar-refractivity contribution is -0.137. The molecule has 1 N–H and O–H groups in total. The minimum absolute atomic E-state index is 0.209. The van der Waals surface area contributed by atoms with Crippen molar-refractivity contribution in [3.8, 4) is 5.75 Å². The van der Waals surface area contributed by atoms with E-state index in [1.54, 1.807) is 30.3 Å². The van der Waals surface area contributed by atoms with Crippen LogP contribution in [0.3, 0.4) is 0 Å². The Balaban J connectivity index is 1.83. The predicted octanol–water partition coefficient (Wildman–Crippen LogP) is 3.79. The van der Waals surface area contributed by atoms with Gasteiger partial charge in [-0.1, -0.05) is 18.2 Å². The van der Waals surface area contributed by atoms with Crippen LogP contribution in [0.1, 0.15) is 15.9 Å². The second-order valence-corrected chi connectivity index (χ2v) is 6.03. The standard InChI is InChI=1S/C19H17F3N2O4/c20-19(21,22)14-10-13(17(25)24-6-8-27-9-7-24)11-16(12-14)28-18(26)23-15-4-2-1-3-5-15/h1-5,10-12H,6-9H2,(H,23,26). The first-order chi connectivity index (χ1) is 13.3. The summed E-state index contributed by atoms with van der Waals surface area (Å²) in [5, 5.41) is 2.41. The molecule has 2 amide bonds. The molecule has 1 fully saturated rings. The van der Waals surface area contributed by atoms with Crippen LogP contribution < -0.4 is 10.1 Å². The summed E-state index contributed by atoms with van der Waals surface area (Å²) in [5.41, 5.74) is -0.863. The van der Waals surface area contributed by atoms with Gasteiger partial charge in [-0.2, -0.15) is 13.2 Å². The fourth-order valence-corrected chi connectivity index (χ4v) is 2.67. The van der Waals surface area contributed by atoms with Gasteiger partial charge < -0.3 is 14.4 Å². The van der Waals surface area contributed by atoms with Crippen LogP contribution in [0.25, 0.3) is 0 Å². The Labute approximate surface area is 158 Å². The summed E-state index contributed by atoms with van der Waals surface area (Å²) in [7, 11) is 0. The molecule has 0 bridgehead atoms. The Kier molecular flexibility index (Phi) is 5.84. The number of rotatable bonds is 3. The van der Waals surface area contributed by atoms with Gasteiger partial charge in [0.2, 0.25) is 0 Å². The topological polar surface area (TPSA) is 67.9 Å². The van der Waals surface area contributed by atoms with Gasteiger partial charge in [-0.25, -0.2) is 4.79 Å². The number of halogens is 3. The molecule has 1 heterocycles. The molecule has 0 aromatic heterocycles. The number of nitrogens with one attached hydrogen (secondary N) is 1. The van der Waals surface area contributed by atoms with Crippen molar-refractivity contribution in [3.05, 3.63) is 59.7 Å². The zero-order valence-electron chi connectivity index (χ0n) is 14.7. The van der Waals surface area contributed by atoms with Crippen LogP contribution >= 0.6 is 0 Å². The van der Waals surface area contributed by atoms with Crippen molar-refractivity contribution in [1.82, 2.24) is 4.90 Å². The number of alkyl halides is 3. The molecule has 2 aromatic rings. The molecule has 0 saturated carbocycles. The maximum Gasteiger partial charge on any atom is 0.417 e. The fraction of sp³-hybridized carbons (Fsp3) is 0.263. The third kappa shape index (κ3) is 5.01. The lowest BCUT2D eigenvalue weighted by atomic mass is 10.1. The molecule has 1 saturated heterocycles. The average molecular weight is 394 g/mol. The Bertz CT molecular complexity index is 850. The van der Waals surface area contributed by atoms with E-state index in [2.05, 4.69) is 5.32 Å². The van der Waals surface area contributed by atoms with Crippen LogP contribution in [-0.4, -0.2) is 43.2 Å². The summed E-state index contributed by atoms with van der Waals surface area (Å²) in [6, 6.07) is 10.9. The maximum absolute atomic E-state index is 13.2. The van der Waals surface area contributed by atoms with Gasteiger partial charge in [0.1, 0.15) is 5.75 Å². The summed E-state index contributed by atoms with van der Waals surface area (Å²) in [6.45, 7) is 1.18. The zero-order valence-corrected chi connectivity index (χ0v) is 14.7. The number of ether oxygens (including phenoxy) is 2. The fourth-order valence-electron chi connectivity index (χ4n) is 2.67. The summed E-state index contributed by atoms with van der Waals surface area (Å²) in [4.78, 5) is 25.9. The molecule has 0 radical (unpaired) electrons. The highest BCUT2D eigenvalue weighted by atomic mass is 19.4. The smallest absolute Gasteiger partial charge is 0.410 e. The SMILES string of the molecule is O=C(Nc1ccccc1)Oc1cc(C(=O)N2CCOCC2)cc(C(F)(F)F)c1. The molecule has 2 aromatic carbocycles. The number of benzene rings is 2. The third-order valence-corrected chi connectivity index (χ3v) is 4.01. The first kappa shape index (κ1) is 19.7. The van der Waals surface area contributed by atoms with Gasteiger partial charge in [-0.3, -0.25) is 10.1 Å². The van der Waals surface area contributed by atoms with Crippen molar-refractivity contribution in [3.63, 3.8) is 0 Å². The minimum atomic E-state index is -4.70. The maximum atomic E-state index is 13.2.